The summed E-state index contributed by atoms with van der Waals surface area (Å²) in [6.45, 7) is 1.09. The Balaban J connectivity index is 1.49. The van der Waals surface area contributed by atoms with Crippen LogP contribution in [-0.2, 0) is 7.05 Å². The number of hydrogen-bond acceptors (Lipinski definition) is 7. The molecule has 28 heavy (non-hydrogen) atoms. The van der Waals surface area contributed by atoms with Gasteiger partial charge in [-0.3, -0.25) is 9.48 Å². The van der Waals surface area contributed by atoms with Crippen LogP contribution in [0.2, 0.25) is 0 Å². The van der Waals surface area contributed by atoms with E-state index in [1.165, 1.54) is 12.4 Å². The van der Waals surface area contributed by atoms with Crippen LogP contribution in [0, 0.1) is 11.3 Å². The lowest BCUT2D eigenvalue weighted by atomic mass is 10.1. The minimum absolute atomic E-state index is 0.0780. The molecule has 1 fully saturated rings. The molecule has 1 aliphatic heterocycles. The molecule has 0 N–H and O–H groups in total. The molecular weight excluding hydrogens is 376 g/mol. The van der Waals surface area contributed by atoms with Gasteiger partial charge in [0, 0.05) is 26.0 Å². The van der Waals surface area contributed by atoms with Crippen LogP contribution in [-0.4, -0.2) is 49.7 Å². The molecular formula is C19H18N6O2S. The summed E-state index contributed by atoms with van der Waals surface area (Å²) in [5.41, 5.74) is 1.49. The smallest absolute Gasteiger partial charge is 0.272 e. The molecule has 8 nitrogen and oxygen atoms in total. The minimum Gasteiger partial charge on any atom is -0.470 e. The van der Waals surface area contributed by atoms with Gasteiger partial charge in [0.15, 0.2) is 0 Å². The van der Waals surface area contributed by atoms with Crippen molar-refractivity contribution >= 4 is 17.2 Å². The molecule has 0 radical (unpaired) electrons. The number of nitrogens with zero attached hydrogens (tertiary/aromatic N) is 6. The van der Waals surface area contributed by atoms with Crippen LogP contribution >= 0.6 is 11.3 Å². The average Bonchev–Trinajstić information content (AvgIpc) is 3.38. The molecule has 1 atom stereocenters. The van der Waals surface area contributed by atoms with Gasteiger partial charge in [-0.25, -0.2) is 9.97 Å². The Kier molecular flexibility index (Phi) is 5.04. The normalized spacial score (nSPS) is 16.6. The minimum atomic E-state index is -0.230. The van der Waals surface area contributed by atoms with Gasteiger partial charge in [0.1, 0.15) is 23.6 Å². The second-order valence-electron chi connectivity index (χ2n) is 6.47. The summed E-state index contributed by atoms with van der Waals surface area (Å²) in [6.07, 6.45) is 4.32. The first-order valence-electron chi connectivity index (χ1n) is 8.90. The maximum atomic E-state index is 13.1. The third-order valence-corrected chi connectivity index (χ3v) is 5.48. The maximum Gasteiger partial charge on any atom is 0.272 e. The summed E-state index contributed by atoms with van der Waals surface area (Å²) in [6, 6.07) is 7.76. The monoisotopic (exact) mass is 394 g/mol. The van der Waals surface area contributed by atoms with Crippen LogP contribution in [0.15, 0.2) is 36.0 Å². The van der Waals surface area contributed by atoms with E-state index in [1.54, 1.807) is 28.0 Å². The molecule has 3 aromatic heterocycles. The Bertz CT molecular complexity index is 1020. The van der Waals surface area contributed by atoms with Crippen molar-refractivity contribution in [1.82, 2.24) is 24.6 Å². The summed E-state index contributed by atoms with van der Waals surface area (Å²) in [5, 5.41) is 15.6. The molecule has 1 unspecified atom stereocenters. The highest BCUT2D eigenvalue weighted by molar-refractivity contribution is 7.13. The summed E-state index contributed by atoms with van der Waals surface area (Å²) in [4.78, 5) is 23.9. The van der Waals surface area contributed by atoms with E-state index in [9.17, 15) is 4.79 Å². The van der Waals surface area contributed by atoms with Crippen LogP contribution in [0.1, 0.15) is 29.0 Å². The summed E-state index contributed by atoms with van der Waals surface area (Å²) >= 11 is 1.59. The Labute approximate surface area is 166 Å². The zero-order valence-electron chi connectivity index (χ0n) is 15.3. The maximum absolute atomic E-state index is 13.1. The quantitative estimate of drug-likeness (QED) is 0.674. The van der Waals surface area contributed by atoms with Crippen LogP contribution in [0.4, 0.5) is 0 Å². The van der Waals surface area contributed by atoms with Gasteiger partial charge in [0.25, 0.3) is 11.8 Å². The number of aromatic nitrogens is 4. The van der Waals surface area contributed by atoms with Crippen molar-refractivity contribution in [3.8, 4) is 22.5 Å². The highest BCUT2D eigenvalue weighted by Gasteiger charge is 2.28. The number of rotatable bonds is 4. The molecule has 1 saturated heterocycles. The van der Waals surface area contributed by atoms with Crippen LogP contribution < -0.4 is 4.74 Å². The lowest BCUT2D eigenvalue weighted by Gasteiger charge is -2.32. The Morgan fingerprint density at radius 3 is 3.04 bits per heavy atom. The molecule has 0 spiro atoms. The topological polar surface area (TPSA) is 96.9 Å². The van der Waals surface area contributed by atoms with Crippen molar-refractivity contribution in [3.63, 3.8) is 0 Å². The summed E-state index contributed by atoms with van der Waals surface area (Å²) in [7, 11) is 1.78. The number of amides is 1. The van der Waals surface area contributed by atoms with E-state index in [0.29, 0.717) is 18.8 Å². The second kappa shape index (κ2) is 7.78. The molecule has 142 valence electrons. The van der Waals surface area contributed by atoms with Gasteiger partial charge < -0.3 is 9.64 Å². The molecule has 3 aromatic rings. The fourth-order valence-corrected chi connectivity index (χ4v) is 3.92. The van der Waals surface area contributed by atoms with Crippen LogP contribution in [0.5, 0.6) is 5.88 Å². The van der Waals surface area contributed by atoms with Crippen molar-refractivity contribution in [2.45, 2.75) is 18.9 Å². The van der Waals surface area contributed by atoms with Gasteiger partial charge in [0.2, 0.25) is 5.69 Å². The summed E-state index contributed by atoms with van der Waals surface area (Å²) < 4.78 is 7.50. The average molecular weight is 394 g/mol. The van der Waals surface area contributed by atoms with Gasteiger partial charge in [-0.05, 0) is 30.4 Å². The lowest BCUT2D eigenvalue weighted by molar-refractivity contribution is 0.0516. The van der Waals surface area contributed by atoms with Crippen molar-refractivity contribution in [2.75, 3.05) is 13.1 Å². The number of hydrogen-bond donors (Lipinski definition) is 0. The molecule has 4 heterocycles. The standard InChI is InChI=1S/C19H18N6O2S/c1-24-16(10-14(23-24)17-5-3-9-28-17)19(26)25-8-2-4-13(12-25)27-18-15(11-20)21-6-7-22-18/h3,5-7,9-10,13H,2,4,8,12H2,1H3. The van der Waals surface area contributed by atoms with E-state index < -0.39 is 0 Å². The van der Waals surface area contributed by atoms with Gasteiger partial charge in [-0.1, -0.05) is 6.07 Å². The van der Waals surface area contributed by atoms with E-state index >= 15 is 0 Å². The third kappa shape index (κ3) is 3.59. The second-order valence-corrected chi connectivity index (χ2v) is 7.42. The molecule has 1 amide bonds. The number of aryl methyl sites for hydroxylation is 1. The first-order valence-corrected chi connectivity index (χ1v) is 9.78. The first kappa shape index (κ1) is 18.1. The highest BCUT2D eigenvalue weighted by atomic mass is 32.1. The van der Waals surface area contributed by atoms with E-state index in [1.807, 2.05) is 29.6 Å². The fraction of sp³-hybridized carbons (Fsp3) is 0.316. The van der Waals surface area contributed by atoms with Crippen molar-refractivity contribution in [1.29, 1.82) is 5.26 Å². The Morgan fingerprint density at radius 2 is 2.25 bits per heavy atom. The predicted molar refractivity (Wildman–Crippen MR) is 103 cm³/mol. The molecule has 1 aliphatic rings. The fourth-order valence-electron chi connectivity index (χ4n) is 3.24. The van der Waals surface area contributed by atoms with Crippen molar-refractivity contribution < 1.29 is 9.53 Å². The molecule has 9 heteroatoms. The lowest BCUT2D eigenvalue weighted by Crippen LogP contribution is -2.45. The molecule has 0 saturated carbocycles. The van der Waals surface area contributed by atoms with Gasteiger partial charge >= 0.3 is 0 Å². The largest absolute Gasteiger partial charge is 0.470 e. The number of carbonyl (C=O) groups excluding carboxylic acids is 1. The number of nitriles is 1. The third-order valence-electron chi connectivity index (χ3n) is 4.59. The molecule has 0 bridgehead atoms. The van der Waals surface area contributed by atoms with E-state index in [4.69, 9.17) is 10.00 Å². The number of ether oxygens (including phenoxy) is 1. The van der Waals surface area contributed by atoms with Crippen molar-refractivity contribution in [3.05, 3.63) is 47.4 Å². The van der Waals surface area contributed by atoms with Crippen molar-refractivity contribution in [2.24, 2.45) is 7.05 Å². The highest BCUT2D eigenvalue weighted by Crippen LogP contribution is 2.25. The summed E-state index contributed by atoms with van der Waals surface area (Å²) in [5.74, 6) is 0.135. The van der Waals surface area contributed by atoms with Gasteiger partial charge in [-0.15, -0.1) is 11.3 Å². The number of thiophene rings is 1. The van der Waals surface area contributed by atoms with E-state index in [0.717, 1.165) is 23.4 Å². The number of carbonyl (C=O) groups is 1. The Hall–Kier alpha value is -3.25. The zero-order chi connectivity index (χ0) is 19.5. The van der Waals surface area contributed by atoms with Crippen LogP contribution in [0.3, 0.4) is 0 Å². The predicted octanol–water partition coefficient (Wildman–Crippen LogP) is 2.49. The van der Waals surface area contributed by atoms with Gasteiger partial charge in [-0.2, -0.15) is 10.4 Å². The Morgan fingerprint density at radius 1 is 1.39 bits per heavy atom. The molecule has 0 aliphatic carbocycles. The van der Waals surface area contributed by atoms with E-state index in [2.05, 4.69) is 15.1 Å². The van der Waals surface area contributed by atoms with E-state index in [-0.39, 0.29) is 23.6 Å². The number of piperidine rings is 1. The molecule has 0 aromatic carbocycles. The molecule has 4 rings (SSSR count). The first-order chi connectivity index (χ1) is 13.7. The SMILES string of the molecule is Cn1nc(-c2cccs2)cc1C(=O)N1CCCC(Oc2nccnc2C#N)C1. The number of likely N-dealkylation sites (tertiary alicyclic amines) is 1. The zero-order valence-corrected chi connectivity index (χ0v) is 16.1. The van der Waals surface area contributed by atoms with Crippen LogP contribution in [0.25, 0.3) is 10.6 Å². The van der Waals surface area contributed by atoms with Gasteiger partial charge in [0.05, 0.1) is 11.4 Å².